The molecule has 0 saturated carbocycles. The van der Waals surface area contributed by atoms with E-state index >= 15 is 0 Å². The van der Waals surface area contributed by atoms with Crippen LogP contribution in [0.2, 0.25) is 0 Å². The van der Waals surface area contributed by atoms with Crippen molar-refractivity contribution >= 4 is 16.2 Å². The number of carbonyl (C=O) groups excluding carboxylic acids is 1. The van der Waals surface area contributed by atoms with Crippen LogP contribution in [0.3, 0.4) is 0 Å². The van der Waals surface area contributed by atoms with Crippen LogP contribution in [0.4, 0.5) is 3.89 Å². The van der Waals surface area contributed by atoms with Gasteiger partial charge in [0.1, 0.15) is 5.78 Å². The lowest BCUT2D eigenvalue weighted by molar-refractivity contribution is -0.117. The smallest absolute Gasteiger partial charge is 0.300 e. The molecule has 6 heteroatoms. The molecular weight excluding hydrogens is 185 g/mol. The van der Waals surface area contributed by atoms with Gasteiger partial charge in [-0.2, -0.15) is 12.7 Å². The molecule has 0 aromatic carbocycles. The van der Waals surface area contributed by atoms with E-state index in [0.717, 1.165) is 7.05 Å². The van der Waals surface area contributed by atoms with E-state index in [1.807, 2.05) is 0 Å². The number of hydrogen-bond donors (Lipinski definition) is 0. The Balaban J connectivity index is 3.73. The fraction of sp³-hybridized carbons (Fsp3) is 0.833. The van der Waals surface area contributed by atoms with Crippen LogP contribution in [0.15, 0.2) is 0 Å². The summed E-state index contributed by atoms with van der Waals surface area (Å²) in [5.41, 5.74) is 0. The van der Waals surface area contributed by atoms with Crippen LogP contribution in [-0.4, -0.2) is 32.1 Å². The summed E-state index contributed by atoms with van der Waals surface area (Å²) in [5.74, 6) is -0.0281. The first-order chi connectivity index (χ1) is 5.34. The summed E-state index contributed by atoms with van der Waals surface area (Å²) in [4.78, 5) is 10.4. The number of nitrogens with zero attached hydrogens (tertiary/aromatic N) is 1. The molecule has 0 bridgehead atoms. The second-order valence-electron chi connectivity index (χ2n) is 2.57. The summed E-state index contributed by atoms with van der Waals surface area (Å²) >= 11 is 0. The lowest BCUT2D eigenvalue weighted by Crippen LogP contribution is -2.24. The van der Waals surface area contributed by atoms with Crippen molar-refractivity contribution in [3.05, 3.63) is 0 Å². The van der Waals surface area contributed by atoms with Gasteiger partial charge >= 0.3 is 10.4 Å². The zero-order chi connectivity index (χ0) is 9.78. The van der Waals surface area contributed by atoms with Crippen LogP contribution in [0.1, 0.15) is 19.8 Å². The summed E-state index contributed by atoms with van der Waals surface area (Å²) in [6.07, 6.45) is 0.634. The van der Waals surface area contributed by atoms with Crippen molar-refractivity contribution in [1.29, 1.82) is 0 Å². The largest absolute Gasteiger partial charge is 0.374 e. The molecule has 0 spiro atoms. The maximum absolute atomic E-state index is 12.1. The molecule has 0 aliphatic heterocycles. The van der Waals surface area contributed by atoms with E-state index in [9.17, 15) is 17.1 Å². The van der Waals surface area contributed by atoms with Gasteiger partial charge in [-0.3, -0.25) is 0 Å². The van der Waals surface area contributed by atoms with E-state index in [0.29, 0.717) is 10.7 Å². The molecule has 0 aromatic rings. The predicted octanol–water partition coefficient (Wildman–Crippen LogP) is 0.502. The Morgan fingerprint density at radius 3 is 2.33 bits per heavy atom. The van der Waals surface area contributed by atoms with Gasteiger partial charge in [-0.25, -0.2) is 0 Å². The highest BCUT2D eigenvalue weighted by Crippen LogP contribution is 2.01. The zero-order valence-corrected chi connectivity index (χ0v) is 7.90. The second kappa shape index (κ2) is 4.51. The van der Waals surface area contributed by atoms with Gasteiger partial charge in [0.15, 0.2) is 0 Å². The van der Waals surface area contributed by atoms with Gasteiger partial charge in [-0.05, 0) is 13.3 Å². The van der Waals surface area contributed by atoms with Crippen molar-refractivity contribution in [3.8, 4) is 0 Å². The summed E-state index contributed by atoms with van der Waals surface area (Å²) in [7, 11) is -3.44. The van der Waals surface area contributed by atoms with E-state index in [1.165, 1.54) is 6.92 Å². The number of hydrogen-bond acceptors (Lipinski definition) is 3. The summed E-state index contributed by atoms with van der Waals surface area (Å²) < 4.78 is 33.1. The maximum atomic E-state index is 12.1. The molecule has 0 heterocycles. The average Bonchev–Trinajstić information content (AvgIpc) is 1.84. The predicted molar refractivity (Wildman–Crippen MR) is 42.6 cm³/mol. The van der Waals surface area contributed by atoms with Crippen LogP contribution < -0.4 is 0 Å². The van der Waals surface area contributed by atoms with E-state index in [1.54, 1.807) is 0 Å². The highest BCUT2D eigenvalue weighted by atomic mass is 32.3. The molecule has 0 fully saturated rings. The van der Waals surface area contributed by atoms with Gasteiger partial charge in [-0.1, -0.05) is 3.89 Å². The fourth-order valence-electron chi connectivity index (χ4n) is 0.660. The van der Waals surface area contributed by atoms with Crippen molar-refractivity contribution in [1.82, 2.24) is 4.31 Å². The summed E-state index contributed by atoms with van der Waals surface area (Å²) in [5, 5.41) is 0. The van der Waals surface area contributed by atoms with Crippen molar-refractivity contribution in [2.75, 3.05) is 13.6 Å². The van der Waals surface area contributed by atoms with Gasteiger partial charge in [0.2, 0.25) is 0 Å². The lowest BCUT2D eigenvalue weighted by Gasteiger charge is -2.09. The van der Waals surface area contributed by atoms with Crippen LogP contribution in [0, 0.1) is 0 Å². The van der Waals surface area contributed by atoms with Gasteiger partial charge in [0, 0.05) is 20.0 Å². The Morgan fingerprint density at radius 2 is 2.00 bits per heavy atom. The number of rotatable bonds is 5. The molecule has 0 N–H and O–H groups in total. The van der Waals surface area contributed by atoms with Crippen molar-refractivity contribution < 1.29 is 17.1 Å². The van der Waals surface area contributed by atoms with E-state index in [4.69, 9.17) is 0 Å². The minimum atomic E-state index is -4.58. The summed E-state index contributed by atoms with van der Waals surface area (Å²) in [6, 6.07) is 0. The third-order valence-electron chi connectivity index (χ3n) is 1.37. The Labute approximate surface area is 71.7 Å². The van der Waals surface area contributed by atoms with Crippen LogP contribution in [-0.2, 0) is 15.2 Å². The molecule has 0 aromatic heterocycles. The first-order valence-electron chi connectivity index (χ1n) is 3.49. The third kappa shape index (κ3) is 5.20. The molecular formula is C6H12FNO3S. The first kappa shape index (κ1) is 11.5. The number of Topliss-reactive ketones (excluding diaryl/α,β-unsaturated/α-hetero) is 1. The topological polar surface area (TPSA) is 54.5 Å². The molecule has 72 valence electrons. The zero-order valence-electron chi connectivity index (χ0n) is 7.08. The molecule has 0 unspecified atom stereocenters. The monoisotopic (exact) mass is 197 g/mol. The minimum Gasteiger partial charge on any atom is -0.300 e. The number of carbonyl (C=O) groups is 1. The molecule has 12 heavy (non-hydrogen) atoms. The Bertz CT molecular complexity index is 250. The molecule has 0 aliphatic rings. The first-order valence-corrected chi connectivity index (χ1v) is 4.83. The molecule has 0 amide bonds. The third-order valence-corrected chi connectivity index (χ3v) is 2.30. The van der Waals surface area contributed by atoms with E-state index < -0.39 is 10.4 Å². The normalized spacial score (nSPS) is 12.0. The minimum absolute atomic E-state index is 0.0281. The Kier molecular flexibility index (Phi) is 4.33. The van der Waals surface area contributed by atoms with Crippen LogP contribution >= 0.6 is 0 Å². The highest BCUT2D eigenvalue weighted by Gasteiger charge is 2.14. The number of ketones is 1. The number of halogens is 1. The Hall–Kier alpha value is -0.490. The van der Waals surface area contributed by atoms with Gasteiger partial charge in [0.25, 0.3) is 0 Å². The van der Waals surface area contributed by atoms with Crippen molar-refractivity contribution in [3.63, 3.8) is 0 Å². The van der Waals surface area contributed by atoms with E-state index in [2.05, 4.69) is 0 Å². The molecule has 0 saturated heterocycles. The second-order valence-corrected chi connectivity index (χ2v) is 4.02. The maximum Gasteiger partial charge on any atom is 0.374 e. The molecule has 0 rings (SSSR count). The van der Waals surface area contributed by atoms with Gasteiger partial charge in [-0.15, -0.1) is 0 Å². The van der Waals surface area contributed by atoms with Gasteiger partial charge in [0.05, 0.1) is 0 Å². The van der Waals surface area contributed by atoms with Crippen LogP contribution in [0.5, 0.6) is 0 Å². The van der Waals surface area contributed by atoms with Crippen molar-refractivity contribution in [2.24, 2.45) is 0 Å². The Morgan fingerprint density at radius 1 is 1.50 bits per heavy atom. The lowest BCUT2D eigenvalue weighted by atomic mass is 10.2. The standard InChI is InChI=1S/C6H12FNO3S/c1-6(9)4-3-5-8(2)12(7,10)11/h3-5H2,1-2H3. The van der Waals surface area contributed by atoms with Gasteiger partial charge < -0.3 is 4.79 Å². The molecule has 0 aliphatic carbocycles. The molecule has 0 atom stereocenters. The van der Waals surface area contributed by atoms with E-state index in [-0.39, 0.29) is 18.7 Å². The fourth-order valence-corrected chi connectivity index (χ4v) is 1.01. The highest BCUT2D eigenvalue weighted by molar-refractivity contribution is 7.83. The quantitative estimate of drug-likeness (QED) is 0.603. The average molecular weight is 197 g/mol. The molecule has 4 nitrogen and oxygen atoms in total. The summed E-state index contributed by atoms with van der Waals surface area (Å²) in [6.45, 7) is 1.45. The molecule has 0 radical (unpaired) electrons. The SMILES string of the molecule is CC(=O)CCCN(C)S(=O)(=O)F. The van der Waals surface area contributed by atoms with Crippen molar-refractivity contribution in [2.45, 2.75) is 19.8 Å². The van der Waals surface area contributed by atoms with Crippen LogP contribution in [0.25, 0.3) is 0 Å².